The summed E-state index contributed by atoms with van der Waals surface area (Å²) < 4.78 is 63.6. The van der Waals surface area contributed by atoms with Crippen LogP contribution in [0.5, 0.6) is 0 Å². The number of nitrogens with one attached hydrogen (secondary N) is 2. The molecule has 0 radical (unpaired) electrons. The van der Waals surface area contributed by atoms with Crippen LogP contribution in [0.3, 0.4) is 0 Å². The fraction of sp³-hybridized carbons (Fsp3) is 0.455. The van der Waals surface area contributed by atoms with E-state index in [0.717, 1.165) is 18.2 Å². The van der Waals surface area contributed by atoms with E-state index in [1.807, 2.05) is 0 Å². The second kappa shape index (κ2) is 5.10. The predicted molar refractivity (Wildman–Crippen MR) is 63.0 cm³/mol. The second-order valence-electron chi connectivity index (χ2n) is 4.40. The maximum absolute atomic E-state index is 12.5. The van der Waals surface area contributed by atoms with Gasteiger partial charge in [0.2, 0.25) is 10.0 Å². The summed E-state index contributed by atoms with van der Waals surface area (Å²) in [6, 6.07) is 3.72. The van der Waals surface area contributed by atoms with Gasteiger partial charge in [0.05, 0.1) is 10.5 Å². The summed E-state index contributed by atoms with van der Waals surface area (Å²) in [6.07, 6.45) is -4.55. The van der Waals surface area contributed by atoms with Crippen molar-refractivity contribution in [3.05, 3.63) is 29.8 Å². The molecule has 19 heavy (non-hydrogen) atoms. The minimum atomic E-state index is -4.55. The zero-order valence-electron chi connectivity index (χ0n) is 9.87. The van der Waals surface area contributed by atoms with E-state index >= 15 is 0 Å². The second-order valence-corrected chi connectivity index (χ2v) is 6.17. The molecule has 1 heterocycles. The Balaban J connectivity index is 2.15. The fourth-order valence-corrected chi connectivity index (χ4v) is 2.80. The number of hydrogen-bond donors (Lipinski definition) is 2. The van der Waals surface area contributed by atoms with Gasteiger partial charge in [-0.05, 0) is 24.1 Å². The first-order chi connectivity index (χ1) is 8.79. The van der Waals surface area contributed by atoms with E-state index in [0.29, 0.717) is 19.2 Å². The van der Waals surface area contributed by atoms with Crippen LogP contribution in [0.2, 0.25) is 0 Å². The van der Waals surface area contributed by atoms with Gasteiger partial charge in [-0.25, -0.2) is 13.1 Å². The minimum Gasteiger partial charge on any atom is -0.316 e. The molecule has 0 atom stereocenters. The van der Waals surface area contributed by atoms with Crippen LogP contribution in [0.15, 0.2) is 29.2 Å². The molecule has 1 aromatic rings. The van der Waals surface area contributed by atoms with Gasteiger partial charge < -0.3 is 5.32 Å². The van der Waals surface area contributed by atoms with E-state index in [9.17, 15) is 21.6 Å². The number of rotatable bonds is 4. The Labute approximate surface area is 109 Å². The van der Waals surface area contributed by atoms with Gasteiger partial charge in [-0.15, -0.1) is 0 Å². The van der Waals surface area contributed by atoms with Crippen LogP contribution in [0.1, 0.15) is 5.56 Å². The Bertz CT molecular complexity index is 553. The van der Waals surface area contributed by atoms with Gasteiger partial charge in [0.15, 0.2) is 0 Å². The number of benzene rings is 1. The molecule has 1 saturated heterocycles. The van der Waals surface area contributed by atoms with Crippen molar-refractivity contribution in [3.63, 3.8) is 0 Å². The van der Waals surface area contributed by atoms with Crippen molar-refractivity contribution < 1.29 is 21.6 Å². The van der Waals surface area contributed by atoms with Crippen molar-refractivity contribution in [2.45, 2.75) is 11.1 Å². The van der Waals surface area contributed by atoms with Crippen LogP contribution in [-0.4, -0.2) is 28.1 Å². The molecule has 0 unspecified atom stereocenters. The Morgan fingerprint density at radius 3 is 2.53 bits per heavy atom. The van der Waals surface area contributed by atoms with Gasteiger partial charge in [-0.2, -0.15) is 13.2 Å². The Hall–Kier alpha value is -1.12. The highest BCUT2D eigenvalue weighted by molar-refractivity contribution is 7.89. The highest BCUT2D eigenvalue weighted by Gasteiger charge is 2.31. The van der Waals surface area contributed by atoms with Gasteiger partial charge in [0.25, 0.3) is 0 Å². The molecule has 0 aromatic heterocycles. The van der Waals surface area contributed by atoms with Crippen molar-refractivity contribution in [1.29, 1.82) is 0 Å². The average Bonchev–Trinajstić information content (AvgIpc) is 2.26. The normalized spacial score (nSPS) is 17.2. The maximum atomic E-state index is 12.5. The van der Waals surface area contributed by atoms with E-state index in [1.165, 1.54) is 0 Å². The summed E-state index contributed by atoms with van der Waals surface area (Å²) in [4.78, 5) is -0.366. The molecular formula is C11H13F3N2O2S. The first-order valence-electron chi connectivity index (χ1n) is 5.67. The topological polar surface area (TPSA) is 58.2 Å². The van der Waals surface area contributed by atoms with Crippen LogP contribution in [0.4, 0.5) is 13.2 Å². The SMILES string of the molecule is O=S(=O)(NCC1CNC1)c1cccc(C(F)(F)F)c1. The standard InChI is InChI=1S/C11H13F3N2O2S/c12-11(13,14)9-2-1-3-10(4-9)19(17,18)16-7-8-5-15-6-8/h1-4,8,15-16H,5-7H2. The summed E-state index contributed by atoms with van der Waals surface area (Å²) in [5.41, 5.74) is -0.972. The molecule has 1 aliphatic rings. The molecule has 1 aromatic carbocycles. The first kappa shape index (κ1) is 14.3. The number of alkyl halides is 3. The van der Waals surface area contributed by atoms with Gasteiger partial charge >= 0.3 is 6.18 Å². The zero-order chi connectivity index (χ0) is 14.1. The first-order valence-corrected chi connectivity index (χ1v) is 7.15. The number of halogens is 3. The molecule has 8 heteroatoms. The van der Waals surface area contributed by atoms with Crippen molar-refractivity contribution in [2.75, 3.05) is 19.6 Å². The molecule has 0 saturated carbocycles. The predicted octanol–water partition coefficient (Wildman–Crippen LogP) is 1.20. The van der Waals surface area contributed by atoms with Crippen molar-refractivity contribution in [1.82, 2.24) is 10.0 Å². The minimum absolute atomic E-state index is 0.195. The fourth-order valence-electron chi connectivity index (χ4n) is 1.64. The van der Waals surface area contributed by atoms with Gasteiger partial charge in [-0.1, -0.05) is 6.07 Å². The van der Waals surface area contributed by atoms with Crippen LogP contribution >= 0.6 is 0 Å². The Kier molecular flexibility index (Phi) is 3.84. The van der Waals surface area contributed by atoms with Crippen molar-refractivity contribution in [2.24, 2.45) is 5.92 Å². The molecule has 0 bridgehead atoms. The van der Waals surface area contributed by atoms with Crippen LogP contribution in [-0.2, 0) is 16.2 Å². The summed E-state index contributed by atoms with van der Waals surface area (Å²) in [5.74, 6) is 0.195. The van der Waals surface area contributed by atoms with E-state index in [2.05, 4.69) is 10.0 Å². The van der Waals surface area contributed by atoms with Crippen LogP contribution < -0.4 is 10.0 Å². The summed E-state index contributed by atoms with van der Waals surface area (Å²) in [6.45, 7) is 1.65. The number of hydrogen-bond acceptors (Lipinski definition) is 3. The monoisotopic (exact) mass is 294 g/mol. The lowest BCUT2D eigenvalue weighted by molar-refractivity contribution is -0.137. The van der Waals surface area contributed by atoms with Crippen molar-refractivity contribution in [3.8, 4) is 0 Å². The summed E-state index contributed by atoms with van der Waals surface area (Å²) >= 11 is 0. The lowest BCUT2D eigenvalue weighted by Crippen LogP contribution is -2.48. The zero-order valence-corrected chi connectivity index (χ0v) is 10.7. The summed E-state index contributed by atoms with van der Waals surface area (Å²) in [7, 11) is -3.89. The third-order valence-electron chi connectivity index (χ3n) is 2.90. The lowest BCUT2D eigenvalue weighted by atomic mass is 10.1. The molecule has 0 aliphatic carbocycles. The lowest BCUT2D eigenvalue weighted by Gasteiger charge is -2.27. The smallest absolute Gasteiger partial charge is 0.316 e. The van der Waals surface area contributed by atoms with Gasteiger partial charge in [0, 0.05) is 19.6 Å². The molecule has 0 spiro atoms. The maximum Gasteiger partial charge on any atom is 0.416 e. The Morgan fingerprint density at radius 1 is 1.32 bits per heavy atom. The third kappa shape index (κ3) is 3.46. The van der Waals surface area contributed by atoms with Gasteiger partial charge in [-0.3, -0.25) is 0 Å². The molecule has 1 aliphatic heterocycles. The molecule has 1 fully saturated rings. The molecule has 0 amide bonds. The molecule has 4 nitrogen and oxygen atoms in total. The molecule has 2 N–H and O–H groups in total. The highest BCUT2D eigenvalue weighted by Crippen LogP contribution is 2.30. The quantitative estimate of drug-likeness (QED) is 0.877. The molecule has 2 rings (SSSR count). The van der Waals surface area contributed by atoms with Crippen molar-refractivity contribution >= 4 is 10.0 Å². The van der Waals surface area contributed by atoms with E-state index in [-0.39, 0.29) is 17.4 Å². The average molecular weight is 294 g/mol. The number of sulfonamides is 1. The van der Waals surface area contributed by atoms with E-state index in [4.69, 9.17) is 0 Å². The highest BCUT2D eigenvalue weighted by atomic mass is 32.2. The van der Waals surface area contributed by atoms with Crippen LogP contribution in [0.25, 0.3) is 0 Å². The molecule has 106 valence electrons. The van der Waals surface area contributed by atoms with Gasteiger partial charge in [0.1, 0.15) is 0 Å². The Morgan fingerprint density at radius 2 is 2.00 bits per heavy atom. The van der Waals surface area contributed by atoms with Crippen LogP contribution in [0, 0.1) is 5.92 Å². The largest absolute Gasteiger partial charge is 0.416 e. The van der Waals surface area contributed by atoms with E-state index < -0.39 is 21.8 Å². The molecular weight excluding hydrogens is 281 g/mol. The third-order valence-corrected chi connectivity index (χ3v) is 4.32. The van der Waals surface area contributed by atoms with E-state index in [1.54, 1.807) is 0 Å². The summed E-state index contributed by atoms with van der Waals surface area (Å²) in [5, 5.41) is 2.98.